The Morgan fingerprint density at radius 2 is 0.779 bits per heavy atom. The molecule has 2 aliphatic rings. The minimum atomic E-state index is -0.250. The van der Waals surface area contributed by atoms with Crippen molar-refractivity contribution in [2.24, 2.45) is 0 Å². The van der Waals surface area contributed by atoms with Crippen LogP contribution in [0.25, 0.3) is 86.6 Å². The molecule has 0 aliphatic carbocycles. The second-order valence-corrected chi connectivity index (χ2v) is 24.7. The molecule has 15 rings (SSSR count). The second-order valence-electron chi connectivity index (χ2n) is 22.9. The van der Waals surface area contributed by atoms with E-state index in [0.29, 0.717) is 0 Å². The lowest BCUT2D eigenvalue weighted by atomic mass is 9.33. The van der Waals surface area contributed by atoms with Crippen molar-refractivity contribution in [1.82, 2.24) is 0 Å². The number of thiophene rings is 2. The molecule has 77 heavy (non-hydrogen) atoms. The lowest BCUT2D eigenvalue weighted by Gasteiger charge is -2.41. The zero-order chi connectivity index (χ0) is 51.9. The summed E-state index contributed by atoms with van der Waals surface area (Å²) in [7, 11) is 0. The van der Waals surface area contributed by atoms with E-state index in [-0.39, 0.29) is 17.5 Å². The minimum absolute atomic E-state index is 0.105. The molecule has 2 aliphatic heterocycles. The maximum absolute atomic E-state index is 7.46. The third kappa shape index (κ3) is 7.17. The highest BCUT2D eigenvalue weighted by molar-refractivity contribution is 7.18. The molecule has 7 heteroatoms. The molecular weight excluding hydrogens is 976 g/mol. The summed E-state index contributed by atoms with van der Waals surface area (Å²) >= 11 is 3.60. The molecule has 0 atom stereocenters. The smallest absolute Gasteiger partial charge is 0.262 e. The lowest BCUT2D eigenvalue weighted by molar-refractivity contribution is 0.589. The summed E-state index contributed by atoms with van der Waals surface area (Å²) in [6, 6.07) is 73.9. The van der Waals surface area contributed by atoms with Crippen molar-refractivity contribution in [3.63, 3.8) is 0 Å². The molecule has 0 amide bonds. The molecular formula is C70H53BN2O2S2. The molecule has 0 bridgehead atoms. The highest BCUT2D eigenvalue weighted by Crippen LogP contribution is 2.52. The van der Waals surface area contributed by atoms with Crippen molar-refractivity contribution in [2.75, 3.05) is 9.80 Å². The normalized spacial score (nSPS) is 13.2. The van der Waals surface area contributed by atoms with Gasteiger partial charge in [-0.15, -0.1) is 22.7 Å². The van der Waals surface area contributed by atoms with Gasteiger partial charge in [-0.2, -0.15) is 0 Å². The number of hydrogen-bond donors (Lipinski definition) is 0. The Hall–Kier alpha value is -8.36. The van der Waals surface area contributed by atoms with Gasteiger partial charge in [0.2, 0.25) is 11.8 Å². The van der Waals surface area contributed by atoms with E-state index in [1.807, 2.05) is 0 Å². The number of hydrogen-bond acceptors (Lipinski definition) is 6. The molecule has 6 heterocycles. The van der Waals surface area contributed by atoms with Gasteiger partial charge in [-0.3, -0.25) is 9.80 Å². The standard InChI is InChI=1S/C70H53BN2O2S2/c1-69(2,3)46-30-34-60-52(38-46)64-67(74-60)72(56-32-28-44(36-50(56)42-18-9-7-10-19-42)54-40-76-62-26-15-13-22-48(54)62)58-24-17-25-59-66(58)71(64)65-53-39-47(70(4,5)6)31-35-61(53)75-68(65)73(59)57-33-29-45(37-51(57)43-20-11-8-12-21-43)55-41-77-63-27-16-14-23-49(55)63/h7-41H,1-6H3. The van der Waals surface area contributed by atoms with Crippen LogP contribution in [0.1, 0.15) is 52.7 Å². The minimum Gasteiger partial charge on any atom is -0.440 e. The van der Waals surface area contributed by atoms with Gasteiger partial charge < -0.3 is 8.83 Å². The molecule has 13 aromatic rings. The van der Waals surface area contributed by atoms with Gasteiger partial charge in [0, 0.05) is 75.5 Å². The maximum atomic E-state index is 7.46. The molecule has 4 nitrogen and oxygen atoms in total. The predicted molar refractivity (Wildman–Crippen MR) is 330 cm³/mol. The number of fused-ring (bicyclic) bond motifs is 10. The predicted octanol–water partition coefficient (Wildman–Crippen LogP) is 19.0. The Kier molecular flexibility index (Phi) is 10.2. The Bertz CT molecular complexity index is 4220. The van der Waals surface area contributed by atoms with Crippen LogP contribution in [0, 0.1) is 0 Å². The number of benzene rings is 9. The molecule has 0 fully saturated rings. The molecule has 0 unspecified atom stereocenters. The largest absolute Gasteiger partial charge is 0.440 e. The summed E-state index contributed by atoms with van der Waals surface area (Å²) in [5, 5.41) is 9.38. The first-order valence-corrected chi connectivity index (χ1v) is 28.4. The van der Waals surface area contributed by atoms with Crippen LogP contribution in [0.15, 0.2) is 220 Å². The lowest BCUT2D eigenvalue weighted by Crippen LogP contribution is -2.60. The quantitative estimate of drug-likeness (QED) is 0.155. The average Bonchev–Trinajstić information content (AvgIpc) is 4.46. The van der Waals surface area contributed by atoms with Gasteiger partial charge in [0.15, 0.2) is 0 Å². The molecule has 0 saturated heterocycles. The summed E-state index contributed by atoms with van der Waals surface area (Å²) in [6.45, 7) is 13.6. The molecule has 370 valence electrons. The fraction of sp³-hybridized carbons (Fsp3) is 0.114. The Labute approximate surface area is 457 Å². The van der Waals surface area contributed by atoms with E-state index in [1.165, 1.54) is 59.0 Å². The first kappa shape index (κ1) is 46.0. The zero-order valence-corrected chi connectivity index (χ0v) is 45.4. The summed E-state index contributed by atoms with van der Waals surface area (Å²) in [6.07, 6.45) is 0. The van der Waals surface area contributed by atoms with Crippen molar-refractivity contribution >= 4 is 122 Å². The fourth-order valence-corrected chi connectivity index (χ4v) is 14.2. The van der Waals surface area contributed by atoms with E-state index >= 15 is 0 Å². The van der Waals surface area contributed by atoms with Crippen molar-refractivity contribution < 1.29 is 8.83 Å². The molecule has 9 aromatic carbocycles. The number of nitrogens with zero attached hydrogens (tertiary/aromatic N) is 2. The van der Waals surface area contributed by atoms with Crippen LogP contribution in [0.2, 0.25) is 0 Å². The Morgan fingerprint density at radius 3 is 1.22 bits per heavy atom. The molecule has 4 aromatic heterocycles. The van der Waals surface area contributed by atoms with Crippen molar-refractivity contribution in [2.45, 2.75) is 52.4 Å². The van der Waals surface area contributed by atoms with E-state index in [0.717, 1.165) is 89.6 Å². The number of furan rings is 2. The Balaban J connectivity index is 1.05. The highest BCUT2D eigenvalue weighted by atomic mass is 32.1. The van der Waals surface area contributed by atoms with Gasteiger partial charge in [-0.25, -0.2) is 0 Å². The van der Waals surface area contributed by atoms with Crippen LogP contribution < -0.4 is 26.2 Å². The summed E-state index contributed by atoms with van der Waals surface area (Å²) < 4.78 is 17.5. The van der Waals surface area contributed by atoms with Gasteiger partial charge in [0.25, 0.3) is 6.71 Å². The van der Waals surface area contributed by atoms with Crippen LogP contribution in [0.4, 0.5) is 34.5 Å². The van der Waals surface area contributed by atoms with E-state index in [2.05, 4.69) is 262 Å². The summed E-state index contributed by atoms with van der Waals surface area (Å²) in [5.41, 5.74) is 21.1. The van der Waals surface area contributed by atoms with Crippen LogP contribution in [-0.4, -0.2) is 6.71 Å². The fourth-order valence-electron chi connectivity index (χ4n) is 12.3. The highest BCUT2D eigenvalue weighted by Gasteiger charge is 2.49. The maximum Gasteiger partial charge on any atom is 0.262 e. The SMILES string of the molecule is CC(C)(C)c1ccc2oc3c(c2c1)B1c2c(cccc2N(c2ccc(-c4csc5ccccc45)cc2-c2ccccc2)c2oc4ccc(C(C)(C)C)cc4c21)N3c1ccc(-c2csc3ccccc23)cc1-c1ccccc1. The van der Waals surface area contributed by atoms with Crippen LogP contribution in [0.3, 0.4) is 0 Å². The number of anilines is 6. The van der Waals surface area contributed by atoms with Gasteiger partial charge in [0.05, 0.1) is 11.4 Å². The first-order valence-electron chi connectivity index (χ1n) is 26.7. The second kappa shape index (κ2) is 17.1. The molecule has 0 radical (unpaired) electrons. The number of rotatable bonds is 6. The topological polar surface area (TPSA) is 32.8 Å². The first-order chi connectivity index (χ1) is 37.5. The van der Waals surface area contributed by atoms with E-state index in [9.17, 15) is 0 Å². The van der Waals surface area contributed by atoms with Gasteiger partial charge in [0.1, 0.15) is 11.2 Å². The van der Waals surface area contributed by atoms with Gasteiger partial charge >= 0.3 is 0 Å². The zero-order valence-electron chi connectivity index (χ0n) is 43.8. The summed E-state index contributed by atoms with van der Waals surface area (Å²) in [4.78, 5) is 4.88. The van der Waals surface area contributed by atoms with E-state index in [1.54, 1.807) is 22.7 Å². The van der Waals surface area contributed by atoms with Gasteiger partial charge in [-0.1, -0.05) is 169 Å². The average molecular weight is 1030 g/mol. The summed E-state index contributed by atoms with van der Waals surface area (Å²) in [5.74, 6) is 1.65. The third-order valence-corrected chi connectivity index (χ3v) is 18.1. The monoisotopic (exact) mass is 1030 g/mol. The van der Waals surface area contributed by atoms with Crippen LogP contribution in [-0.2, 0) is 10.8 Å². The third-order valence-electron chi connectivity index (χ3n) is 16.2. The van der Waals surface area contributed by atoms with Crippen LogP contribution >= 0.6 is 22.7 Å². The van der Waals surface area contributed by atoms with Crippen LogP contribution in [0.5, 0.6) is 0 Å². The van der Waals surface area contributed by atoms with Crippen molar-refractivity contribution in [3.05, 3.63) is 222 Å². The molecule has 0 saturated carbocycles. The van der Waals surface area contributed by atoms with Crippen molar-refractivity contribution in [1.29, 1.82) is 0 Å². The Morgan fingerprint density at radius 1 is 0.351 bits per heavy atom. The van der Waals surface area contributed by atoms with Gasteiger partial charge in [-0.05, 0) is 133 Å². The molecule has 0 N–H and O–H groups in total. The van der Waals surface area contributed by atoms with Crippen molar-refractivity contribution in [3.8, 4) is 44.5 Å². The molecule has 0 spiro atoms. The van der Waals surface area contributed by atoms with E-state index < -0.39 is 0 Å². The van der Waals surface area contributed by atoms with E-state index in [4.69, 9.17) is 8.83 Å².